The molecule has 0 bridgehead atoms. The molecule has 1 aliphatic rings. The molecule has 2 N–H and O–H groups in total. The van der Waals surface area contributed by atoms with Gasteiger partial charge in [-0.15, -0.1) is 0 Å². The van der Waals surface area contributed by atoms with E-state index in [2.05, 4.69) is 5.32 Å². The number of aliphatic hydroxyl groups excluding tert-OH is 1. The minimum absolute atomic E-state index is 0.0273. The normalized spacial score (nSPS) is 30.1. The van der Waals surface area contributed by atoms with E-state index in [1.54, 1.807) is 6.08 Å². The van der Waals surface area contributed by atoms with Crippen LogP contribution in [0, 0.1) is 0 Å². The summed E-state index contributed by atoms with van der Waals surface area (Å²) in [6.45, 7) is 0.790. The molecule has 0 spiro atoms. The number of nitrogens with one attached hydrogen (secondary N) is 1. The third kappa shape index (κ3) is 2.11. The first kappa shape index (κ1) is 7.75. The third-order valence-electron chi connectivity index (χ3n) is 1.34. The van der Waals surface area contributed by atoms with Gasteiger partial charge in [-0.25, -0.2) is 0 Å². The Labute approximate surface area is 62.6 Å². The van der Waals surface area contributed by atoms with Gasteiger partial charge in [-0.05, 0) is 6.08 Å². The summed E-state index contributed by atoms with van der Waals surface area (Å²) >= 11 is 0. The molecule has 0 saturated carbocycles. The Morgan fingerprint density at radius 2 is 2.60 bits per heavy atom. The van der Waals surface area contributed by atoms with E-state index in [1.807, 2.05) is 0 Å². The summed E-state index contributed by atoms with van der Waals surface area (Å²) in [6.07, 6.45) is 1.66. The lowest BCUT2D eigenvalue weighted by Gasteiger charge is -2.15. The van der Waals surface area contributed by atoms with E-state index >= 15 is 0 Å². The van der Waals surface area contributed by atoms with Crippen molar-refractivity contribution in [2.24, 2.45) is 0 Å². The molecule has 0 radical (unpaired) electrons. The van der Waals surface area contributed by atoms with Crippen molar-refractivity contribution < 1.29 is 9.32 Å². The van der Waals surface area contributed by atoms with Gasteiger partial charge in [0.2, 0.25) is 0 Å². The SMILES string of the molecule is O=S1CCN/C(=C\CO)C1. The molecule has 1 rings (SSSR count). The number of hydrogen-bond donors (Lipinski definition) is 2. The summed E-state index contributed by atoms with van der Waals surface area (Å²) in [4.78, 5) is 0. The molecular weight excluding hydrogens is 150 g/mol. The van der Waals surface area contributed by atoms with Gasteiger partial charge < -0.3 is 10.4 Å². The first-order valence-electron chi connectivity index (χ1n) is 3.21. The molecule has 0 amide bonds. The van der Waals surface area contributed by atoms with E-state index in [9.17, 15) is 4.21 Å². The van der Waals surface area contributed by atoms with E-state index in [0.29, 0.717) is 5.75 Å². The molecule has 4 heteroatoms. The van der Waals surface area contributed by atoms with Crippen molar-refractivity contribution in [2.45, 2.75) is 0 Å². The summed E-state index contributed by atoms with van der Waals surface area (Å²) < 4.78 is 10.9. The van der Waals surface area contributed by atoms with Crippen molar-refractivity contribution in [2.75, 3.05) is 24.7 Å². The van der Waals surface area contributed by atoms with Gasteiger partial charge >= 0.3 is 0 Å². The van der Waals surface area contributed by atoms with Gasteiger partial charge in [-0.3, -0.25) is 4.21 Å². The summed E-state index contributed by atoms with van der Waals surface area (Å²) in [7, 11) is -0.714. The van der Waals surface area contributed by atoms with Crippen LogP contribution in [-0.4, -0.2) is 34.0 Å². The zero-order valence-electron chi connectivity index (χ0n) is 5.67. The highest BCUT2D eigenvalue weighted by molar-refractivity contribution is 7.85. The lowest BCUT2D eigenvalue weighted by Crippen LogP contribution is -2.30. The Kier molecular flexibility index (Phi) is 2.89. The molecule has 1 aliphatic heterocycles. The van der Waals surface area contributed by atoms with Crippen molar-refractivity contribution >= 4 is 10.8 Å². The molecule has 10 heavy (non-hydrogen) atoms. The average Bonchev–Trinajstić information content (AvgIpc) is 1.88. The first-order valence-corrected chi connectivity index (χ1v) is 4.70. The summed E-state index contributed by atoms with van der Waals surface area (Å²) in [5.74, 6) is 1.29. The molecule has 1 saturated heterocycles. The molecule has 0 aromatic rings. The Bertz CT molecular complexity index is 167. The van der Waals surface area contributed by atoms with Crippen LogP contribution in [0.5, 0.6) is 0 Å². The van der Waals surface area contributed by atoms with E-state index in [4.69, 9.17) is 5.11 Å². The molecule has 0 aliphatic carbocycles. The van der Waals surface area contributed by atoms with Gasteiger partial charge in [0.15, 0.2) is 0 Å². The fourth-order valence-corrected chi connectivity index (χ4v) is 1.90. The largest absolute Gasteiger partial charge is 0.392 e. The Morgan fingerprint density at radius 1 is 1.80 bits per heavy atom. The van der Waals surface area contributed by atoms with Gasteiger partial charge in [-0.1, -0.05) is 0 Å². The van der Waals surface area contributed by atoms with E-state index in [-0.39, 0.29) is 6.61 Å². The van der Waals surface area contributed by atoms with Gasteiger partial charge in [0.25, 0.3) is 0 Å². The topological polar surface area (TPSA) is 49.3 Å². The molecule has 1 atom stereocenters. The second kappa shape index (κ2) is 3.73. The molecule has 3 nitrogen and oxygen atoms in total. The molecule has 1 unspecified atom stereocenters. The minimum atomic E-state index is -0.714. The highest BCUT2D eigenvalue weighted by Gasteiger charge is 2.09. The van der Waals surface area contributed by atoms with E-state index < -0.39 is 10.8 Å². The Morgan fingerprint density at radius 3 is 3.20 bits per heavy atom. The molecule has 58 valence electrons. The Hall–Kier alpha value is -0.350. The second-order valence-corrected chi connectivity index (χ2v) is 3.70. The standard InChI is InChI=1S/C6H11NO2S/c8-3-1-6-5-10(9)4-2-7-6/h1,7-8H,2-5H2/b6-1-. The minimum Gasteiger partial charge on any atom is -0.392 e. The van der Waals surface area contributed by atoms with Crippen LogP contribution in [0.4, 0.5) is 0 Å². The maximum absolute atomic E-state index is 10.9. The lowest BCUT2D eigenvalue weighted by atomic mass is 10.4. The van der Waals surface area contributed by atoms with Crippen LogP contribution in [-0.2, 0) is 10.8 Å². The van der Waals surface area contributed by atoms with Crippen LogP contribution in [0.25, 0.3) is 0 Å². The number of aliphatic hydroxyl groups is 1. The van der Waals surface area contributed by atoms with Crippen LogP contribution in [0.15, 0.2) is 11.8 Å². The summed E-state index contributed by atoms with van der Waals surface area (Å²) in [5, 5.41) is 11.5. The maximum Gasteiger partial charge on any atom is 0.0632 e. The quantitative estimate of drug-likeness (QED) is 0.530. The number of rotatable bonds is 1. The van der Waals surface area contributed by atoms with Crippen molar-refractivity contribution in [3.8, 4) is 0 Å². The molecular formula is C6H11NO2S. The van der Waals surface area contributed by atoms with Gasteiger partial charge in [0.1, 0.15) is 0 Å². The monoisotopic (exact) mass is 161 g/mol. The van der Waals surface area contributed by atoms with Gasteiger partial charge in [0.05, 0.1) is 12.4 Å². The summed E-state index contributed by atoms with van der Waals surface area (Å²) in [6, 6.07) is 0. The zero-order chi connectivity index (χ0) is 7.40. The fraction of sp³-hybridized carbons (Fsp3) is 0.667. The fourth-order valence-electron chi connectivity index (χ4n) is 0.863. The predicted molar refractivity (Wildman–Crippen MR) is 41.0 cm³/mol. The Balaban J connectivity index is 2.47. The van der Waals surface area contributed by atoms with Gasteiger partial charge in [0, 0.05) is 28.8 Å². The van der Waals surface area contributed by atoms with Crippen LogP contribution in [0.3, 0.4) is 0 Å². The molecule has 0 aromatic heterocycles. The van der Waals surface area contributed by atoms with Crippen LogP contribution in [0.2, 0.25) is 0 Å². The van der Waals surface area contributed by atoms with Crippen molar-refractivity contribution in [3.05, 3.63) is 11.8 Å². The van der Waals surface area contributed by atoms with E-state index in [0.717, 1.165) is 18.0 Å². The van der Waals surface area contributed by atoms with Crippen LogP contribution < -0.4 is 5.32 Å². The van der Waals surface area contributed by atoms with Crippen LogP contribution in [0.1, 0.15) is 0 Å². The van der Waals surface area contributed by atoms with Crippen molar-refractivity contribution in [3.63, 3.8) is 0 Å². The maximum atomic E-state index is 10.9. The first-order chi connectivity index (χ1) is 4.83. The molecule has 1 heterocycles. The van der Waals surface area contributed by atoms with Crippen LogP contribution >= 0.6 is 0 Å². The highest BCUT2D eigenvalue weighted by atomic mass is 32.2. The number of hydrogen-bond acceptors (Lipinski definition) is 3. The van der Waals surface area contributed by atoms with E-state index in [1.165, 1.54) is 0 Å². The van der Waals surface area contributed by atoms with Crippen molar-refractivity contribution in [1.82, 2.24) is 5.32 Å². The molecule has 1 fully saturated rings. The lowest BCUT2D eigenvalue weighted by molar-refractivity contribution is 0.341. The molecule has 0 aromatic carbocycles. The summed E-state index contributed by atoms with van der Waals surface area (Å²) in [5.41, 5.74) is 0.909. The van der Waals surface area contributed by atoms with Crippen molar-refractivity contribution in [1.29, 1.82) is 0 Å². The average molecular weight is 161 g/mol. The van der Waals surface area contributed by atoms with Gasteiger partial charge in [-0.2, -0.15) is 0 Å². The predicted octanol–water partition coefficient (Wildman–Crippen LogP) is -0.786. The smallest absolute Gasteiger partial charge is 0.0632 e. The third-order valence-corrected chi connectivity index (χ3v) is 2.63. The highest BCUT2D eigenvalue weighted by Crippen LogP contribution is 1.98. The zero-order valence-corrected chi connectivity index (χ0v) is 6.49. The second-order valence-electron chi connectivity index (χ2n) is 2.13.